The minimum atomic E-state index is -0.112. The summed E-state index contributed by atoms with van der Waals surface area (Å²) in [5, 5.41) is 3.19. The summed E-state index contributed by atoms with van der Waals surface area (Å²) in [4.78, 5) is 11.2. The molecule has 0 heterocycles. The standard InChI is InChI=1S/C18H21NO2/c1-14(15(2)20)19-12-16-8-10-18(11-9-16)21-13-17-6-4-3-5-7-17/h3-11,14,19H,12-13H2,1-2H3. The van der Waals surface area contributed by atoms with Gasteiger partial charge in [0, 0.05) is 6.54 Å². The summed E-state index contributed by atoms with van der Waals surface area (Å²) in [6, 6.07) is 17.9. The number of rotatable bonds is 7. The smallest absolute Gasteiger partial charge is 0.146 e. The van der Waals surface area contributed by atoms with Crippen molar-refractivity contribution >= 4 is 5.78 Å². The van der Waals surface area contributed by atoms with Crippen LogP contribution in [-0.2, 0) is 17.9 Å². The molecule has 0 fully saturated rings. The van der Waals surface area contributed by atoms with Crippen LogP contribution in [0.25, 0.3) is 0 Å². The zero-order valence-corrected chi connectivity index (χ0v) is 12.5. The second-order valence-corrected chi connectivity index (χ2v) is 5.13. The van der Waals surface area contributed by atoms with E-state index in [0.29, 0.717) is 13.2 Å². The van der Waals surface area contributed by atoms with Crippen molar-refractivity contribution in [1.29, 1.82) is 0 Å². The molecule has 21 heavy (non-hydrogen) atoms. The first-order chi connectivity index (χ1) is 10.1. The molecule has 0 aliphatic rings. The first kappa shape index (κ1) is 15.3. The van der Waals surface area contributed by atoms with Crippen molar-refractivity contribution in [2.24, 2.45) is 0 Å². The zero-order chi connectivity index (χ0) is 15.1. The molecule has 110 valence electrons. The molecule has 3 nitrogen and oxygen atoms in total. The van der Waals surface area contributed by atoms with E-state index in [0.717, 1.165) is 16.9 Å². The van der Waals surface area contributed by atoms with Gasteiger partial charge in [0.1, 0.15) is 18.1 Å². The predicted molar refractivity (Wildman–Crippen MR) is 84.2 cm³/mol. The number of hydrogen-bond donors (Lipinski definition) is 1. The largest absolute Gasteiger partial charge is 0.489 e. The van der Waals surface area contributed by atoms with Gasteiger partial charge >= 0.3 is 0 Å². The Labute approximate surface area is 126 Å². The fourth-order valence-electron chi connectivity index (χ4n) is 1.86. The van der Waals surface area contributed by atoms with Crippen LogP contribution >= 0.6 is 0 Å². The van der Waals surface area contributed by atoms with Crippen molar-refractivity contribution < 1.29 is 9.53 Å². The Balaban J connectivity index is 1.83. The SMILES string of the molecule is CC(=O)C(C)NCc1ccc(OCc2ccccc2)cc1. The molecule has 0 aromatic heterocycles. The van der Waals surface area contributed by atoms with E-state index in [-0.39, 0.29) is 11.8 Å². The number of Topliss-reactive ketones (excluding diaryl/α,β-unsaturated/α-hetero) is 1. The molecule has 0 aliphatic carbocycles. The molecule has 0 bridgehead atoms. The highest BCUT2D eigenvalue weighted by atomic mass is 16.5. The van der Waals surface area contributed by atoms with Gasteiger partial charge in [0.05, 0.1) is 6.04 Å². The highest BCUT2D eigenvalue weighted by Gasteiger charge is 2.06. The first-order valence-corrected chi connectivity index (χ1v) is 7.14. The first-order valence-electron chi connectivity index (χ1n) is 7.14. The van der Waals surface area contributed by atoms with Gasteiger partial charge in [-0.05, 0) is 37.1 Å². The van der Waals surface area contributed by atoms with Crippen molar-refractivity contribution in [1.82, 2.24) is 5.32 Å². The molecule has 0 saturated heterocycles. The highest BCUT2D eigenvalue weighted by Crippen LogP contribution is 2.14. The van der Waals surface area contributed by atoms with E-state index in [4.69, 9.17) is 4.74 Å². The molecule has 0 spiro atoms. The molecule has 1 unspecified atom stereocenters. The molecular formula is C18H21NO2. The maximum atomic E-state index is 11.2. The Morgan fingerprint density at radius 2 is 1.71 bits per heavy atom. The van der Waals surface area contributed by atoms with Gasteiger partial charge < -0.3 is 10.1 Å². The third-order valence-corrected chi connectivity index (χ3v) is 3.39. The van der Waals surface area contributed by atoms with Crippen molar-refractivity contribution in [3.05, 3.63) is 65.7 Å². The van der Waals surface area contributed by atoms with Crippen molar-refractivity contribution in [2.45, 2.75) is 33.0 Å². The van der Waals surface area contributed by atoms with Crippen molar-refractivity contribution in [2.75, 3.05) is 0 Å². The molecule has 0 saturated carbocycles. The Morgan fingerprint density at radius 1 is 1.05 bits per heavy atom. The second-order valence-electron chi connectivity index (χ2n) is 5.13. The van der Waals surface area contributed by atoms with Gasteiger partial charge in [0.15, 0.2) is 0 Å². The Bertz CT molecular complexity index is 564. The van der Waals surface area contributed by atoms with E-state index >= 15 is 0 Å². The van der Waals surface area contributed by atoms with Crippen LogP contribution in [0, 0.1) is 0 Å². The Kier molecular flexibility index (Phi) is 5.52. The molecule has 0 aliphatic heterocycles. The van der Waals surface area contributed by atoms with Crippen LogP contribution in [0.15, 0.2) is 54.6 Å². The summed E-state index contributed by atoms with van der Waals surface area (Å²) in [7, 11) is 0. The molecule has 2 aromatic rings. The van der Waals surface area contributed by atoms with Crippen LogP contribution in [0.2, 0.25) is 0 Å². The van der Waals surface area contributed by atoms with E-state index in [9.17, 15) is 4.79 Å². The van der Waals surface area contributed by atoms with E-state index in [2.05, 4.69) is 5.32 Å². The molecule has 1 N–H and O–H groups in total. The number of ether oxygens (including phenoxy) is 1. The number of nitrogens with one attached hydrogen (secondary N) is 1. The lowest BCUT2D eigenvalue weighted by atomic mass is 10.2. The lowest BCUT2D eigenvalue weighted by molar-refractivity contribution is -0.118. The summed E-state index contributed by atoms with van der Waals surface area (Å²) < 4.78 is 5.74. The second kappa shape index (κ2) is 7.60. The minimum absolute atomic E-state index is 0.112. The van der Waals surface area contributed by atoms with Crippen LogP contribution < -0.4 is 10.1 Å². The number of carbonyl (C=O) groups is 1. The van der Waals surface area contributed by atoms with Crippen LogP contribution in [-0.4, -0.2) is 11.8 Å². The fraction of sp³-hybridized carbons (Fsp3) is 0.278. The van der Waals surface area contributed by atoms with E-state index in [1.54, 1.807) is 6.92 Å². The molecular weight excluding hydrogens is 262 g/mol. The summed E-state index contributed by atoms with van der Waals surface area (Å²) in [6.45, 7) is 4.72. The number of hydrogen-bond acceptors (Lipinski definition) is 3. The number of carbonyl (C=O) groups excluding carboxylic acids is 1. The average molecular weight is 283 g/mol. The third-order valence-electron chi connectivity index (χ3n) is 3.39. The highest BCUT2D eigenvalue weighted by molar-refractivity contribution is 5.80. The predicted octanol–water partition coefficient (Wildman–Crippen LogP) is 3.33. The lowest BCUT2D eigenvalue weighted by Crippen LogP contribution is -2.31. The normalized spacial score (nSPS) is 11.9. The van der Waals surface area contributed by atoms with E-state index < -0.39 is 0 Å². The number of ketones is 1. The van der Waals surface area contributed by atoms with Crippen LogP contribution in [0.4, 0.5) is 0 Å². The Morgan fingerprint density at radius 3 is 2.33 bits per heavy atom. The van der Waals surface area contributed by atoms with Crippen molar-refractivity contribution in [3.8, 4) is 5.75 Å². The Hall–Kier alpha value is -2.13. The fourth-order valence-corrected chi connectivity index (χ4v) is 1.86. The lowest BCUT2D eigenvalue weighted by Gasteiger charge is -2.11. The molecule has 0 amide bonds. The van der Waals surface area contributed by atoms with E-state index in [1.165, 1.54) is 0 Å². The summed E-state index contributed by atoms with van der Waals surface area (Å²) in [6.07, 6.45) is 0. The maximum Gasteiger partial charge on any atom is 0.146 e. The molecule has 1 atom stereocenters. The number of benzene rings is 2. The quantitative estimate of drug-likeness (QED) is 0.847. The van der Waals surface area contributed by atoms with E-state index in [1.807, 2.05) is 61.5 Å². The van der Waals surface area contributed by atoms with Gasteiger partial charge in [-0.3, -0.25) is 4.79 Å². The topological polar surface area (TPSA) is 38.3 Å². The summed E-state index contributed by atoms with van der Waals surface area (Å²) in [5.41, 5.74) is 2.29. The summed E-state index contributed by atoms with van der Waals surface area (Å²) in [5.74, 6) is 1.00. The minimum Gasteiger partial charge on any atom is -0.489 e. The molecule has 2 aromatic carbocycles. The zero-order valence-electron chi connectivity index (χ0n) is 12.5. The van der Waals surface area contributed by atoms with Crippen LogP contribution in [0.3, 0.4) is 0 Å². The molecule has 0 radical (unpaired) electrons. The van der Waals surface area contributed by atoms with Gasteiger partial charge in [-0.25, -0.2) is 0 Å². The monoisotopic (exact) mass is 283 g/mol. The van der Waals surface area contributed by atoms with Gasteiger partial charge in [-0.2, -0.15) is 0 Å². The average Bonchev–Trinajstić information content (AvgIpc) is 2.52. The van der Waals surface area contributed by atoms with Gasteiger partial charge in [0.25, 0.3) is 0 Å². The van der Waals surface area contributed by atoms with Crippen molar-refractivity contribution in [3.63, 3.8) is 0 Å². The van der Waals surface area contributed by atoms with Crippen LogP contribution in [0.5, 0.6) is 5.75 Å². The molecule has 2 rings (SSSR count). The maximum absolute atomic E-state index is 11.2. The molecule has 3 heteroatoms. The third kappa shape index (κ3) is 5.04. The summed E-state index contributed by atoms with van der Waals surface area (Å²) >= 11 is 0. The van der Waals surface area contributed by atoms with Crippen LogP contribution in [0.1, 0.15) is 25.0 Å². The van der Waals surface area contributed by atoms with Gasteiger partial charge in [-0.15, -0.1) is 0 Å². The van der Waals surface area contributed by atoms with Gasteiger partial charge in [-0.1, -0.05) is 42.5 Å². The van der Waals surface area contributed by atoms with Gasteiger partial charge in [0.2, 0.25) is 0 Å².